The molecule has 1 aliphatic rings. The maximum absolute atomic E-state index is 14.9. The molecule has 0 aliphatic carbocycles. The van der Waals surface area contributed by atoms with Crippen molar-refractivity contribution in [1.82, 2.24) is 9.88 Å². The molecule has 13 heteroatoms. The lowest BCUT2D eigenvalue weighted by molar-refractivity contribution is -0.163. The lowest BCUT2D eigenvalue weighted by Gasteiger charge is -2.38. The topological polar surface area (TPSA) is 143 Å². The molecule has 3 rings (SSSR count). The van der Waals surface area contributed by atoms with Crippen LogP contribution in [0.4, 0.5) is 0 Å². The fourth-order valence-corrected chi connectivity index (χ4v) is 6.37. The number of thiazole rings is 1. The van der Waals surface area contributed by atoms with Gasteiger partial charge in [0, 0.05) is 23.6 Å². The lowest BCUT2D eigenvalue weighted by Crippen LogP contribution is -2.57. The van der Waals surface area contributed by atoms with E-state index in [1.165, 1.54) is 39.5 Å². The summed E-state index contributed by atoms with van der Waals surface area (Å²) in [7, 11) is 5.12. The Morgan fingerprint density at radius 2 is 1.73 bits per heavy atom. The van der Waals surface area contributed by atoms with Gasteiger partial charge in [0.15, 0.2) is 5.54 Å². The minimum Gasteiger partial charge on any atom is -0.496 e. The number of rotatable bonds is 9. The number of nitrogens with zero attached hydrogens (tertiary/aromatic N) is 3. The molecule has 1 aromatic carbocycles. The first-order valence-corrected chi connectivity index (χ1v) is 14.8. The van der Waals surface area contributed by atoms with Crippen LogP contribution in [-0.4, -0.2) is 79.5 Å². The highest BCUT2D eigenvalue weighted by Crippen LogP contribution is 2.58. The van der Waals surface area contributed by atoms with Crippen molar-refractivity contribution in [3.63, 3.8) is 0 Å². The van der Waals surface area contributed by atoms with E-state index in [0.29, 0.717) is 5.75 Å². The van der Waals surface area contributed by atoms with Gasteiger partial charge in [-0.3, -0.25) is 14.4 Å². The summed E-state index contributed by atoms with van der Waals surface area (Å²) in [6.45, 7) is 11.0. The number of amides is 1. The maximum atomic E-state index is 14.9. The molecule has 0 saturated carbocycles. The zero-order valence-corrected chi connectivity index (χ0v) is 27.7. The van der Waals surface area contributed by atoms with Gasteiger partial charge in [-0.05, 0) is 43.9 Å². The maximum Gasteiger partial charge on any atom is 0.338 e. The standard InChI is InChI=1S/C31H41N3O9S/c1-28(2,3)20-12-11-19(15-21(20)39-7)25(36)34-23(24-32-13-14-44-24)30(26(37)41-9,16-22(35)40-8)17-31(34,18-33-42-10)27(38)43-29(4,5)6/h11-15,18,23H,16-17H2,1-10H3/b33-18+. The van der Waals surface area contributed by atoms with Crippen molar-refractivity contribution in [2.75, 3.05) is 28.4 Å². The first-order chi connectivity index (χ1) is 20.5. The van der Waals surface area contributed by atoms with Gasteiger partial charge in [-0.1, -0.05) is 32.0 Å². The van der Waals surface area contributed by atoms with E-state index in [0.717, 1.165) is 23.1 Å². The summed E-state index contributed by atoms with van der Waals surface area (Å²) in [5.41, 5.74) is -4.23. The van der Waals surface area contributed by atoms with Crippen LogP contribution in [0.15, 0.2) is 34.9 Å². The van der Waals surface area contributed by atoms with Crippen LogP contribution in [0.5, 0.6) is 5.75 Å². The van der Waals surface area contributed by atoms with Gasteiger partial charge in [0.1, 0.15) is 34.9 Å². The number of aromatic nitrogens is 1. The van der Waals surface area contributed by atoms with E-state index in [2.05, 4.69) is 10.1 Å². The molecule has 2 heterocycles. The highest BCUT2D eigenvalue weighted by Gasteiger charge is 2.70. The van der Waals surface area contributed by atoms with Gasteiger partial charge < -0.3 is 28.7 Å². The molecule has 3 atom stereocenters. The quantitative estimate of drug-likeness (QED) is 0.168. The number of ether oxygens (including phenoxy) is 4. The highest BCUT2D eigenvalue weighted by molar-refractivity contribution is 7.09. The van der Waals surface area contributed by atoms with E-state index in [1.54, 1.807) is 44.4 Å². The number of carbonyl (C=O) groups excluding carboxylic acids is 4. The van der Waals surface area contributed by atoms with Gasteiger partial charge in [0.05, 0.1) is 34.0 Å². The minimum atomic E-state index is -2.06. The van der Waals surface area contributed by atoms with Crippen LogP contribution in [0.2, 0.25) is 0 Å². The van der Waals surface area contributed by atoms with Crippen molar-refractivity contribution < 1.29 is 43.0 Å². The second-order valence-corrected chi connectivity index (χ2v) is 13.5. The average molecular weight is 632 g/mol. The molecule has 2 aromatic rings. The van der Waals surface area contributed by atoms with Gasteiger partial charge >= 0.3 is 17.9 Å². The summed E-state index contributed by atoms with van der Waals surface area (Å²) in [4.78, 5) is 66.7. The van der Waals surface area contributed by atoms with E-state index >= 15 is 0 Å². The van der Waals surface area contributed by atoms with Gasteiger partial charge in [-0.15, -0.1) is 11.3 Å². The summed E-state index contributed by atoms with van der Waals surface area (Å²) < 4.78 is 21.8. The van der Waals surface area contributed by atoms with Gasteiger partial charge in [-0.25, -0.2) is 9.78 Å². The third-order valence-corrected chi connectivity index (χ3v) is 8.19. The molecule has 1 amide bonds. The van der Waals surface area contributed by atoms with Gasteiger partial charge in [0.25, 0.3) is 5.91 Å². The van der Waals surface area contributed by atoms with Gasteiger partial charge in [-0.2, -0.15) is 0 Å². The van der Waals surface area contributed by atoms with Crippen molar-refractivity contribution >= 4 is 41.4 Å². The minimum absolute atomic E-state index is 0.147. The Hall–Kier alpha value is -4.00. The first-order valence-electron chi connectivity index (χ1n) is 13.9. The van der Waals surface area contributed by atoms with E-state index in [4.69, 9.17) is 23.8 Å². The number of hydrogen-bond acceptors (Lipinski definition) is 12. The first kappa shape index (κ1) is 34.5. The lowest BCUT2D eigenvalue weighted by atomic mass is 9.74. The van der Waals surface area contributed by atoms with Crippen molar-refractivity contribution in [2.24, 2.45) is 10.6 Å². The number of likely N-dealkylation sites (tertiary alicyclic amines) is 1. The Morgan fingerprint density at radius 1 is 1.05 bits per heavy atom. The molecule has 1 saturated heterocycles. The molecule has 12 nitrogen and oxygen atoms in total. The Balaban J connectivity index is 2.47. The fourth-order valence-electron chi connectivity index (χ4n) is 5.52. The molecule has 3 unspecified atom stereocenters. The Labute approximate surface area is 261 Å². The van der Waals surface area contributed by atoms with Crippen molar-refractivity contribution in [3.8, 4) is 5.75 Å². The van der Waals surface area contributed by atoms with E-state index in [9.17, 15) is 19.2 Å². The number of oxime groups is 1. The van der Waals surface area contributed by atoms with Crippen LogP contribution < -0.4 is 4.74 Å². The third-order valence-electron chi connectivity index (χ3n) is 7.36. The van der Waals surface area contributed by atoms with Crippen LogP contribution in [0, 0.1) is 5.41 Å². The summed E-state index contributed by atoms with van der Waals surface area (Å²) in [6, 6.07) is 3.69. The summed E-state index contributed by atoms with van der Waals surface area (Å²) in [5, 5.41) is 5.86. The molecule has 0 spiro atoms. The molecule has 240 valence electrons. The summed E-state index contributed by atoms with van der Waals surface area (Å²) in [5.74, 6) is -2.72. The zero-order chi connectivity index (χ0) is 33.1. The molecule has 44 heavy (non-hydrogen) atoms. The molecule has 0 N–H and O–H groups in total. The molecule has 0 bridgehead atoms. The highest BCUT2D eigenvalue weighted by atomic mass is 32.1. The summed E-state index contributed by atoms with van der Waals surface area (Å²) in [6.07, 6.45) is 1.64. The Kier molecular flexibility index (Phi) is 10.1. The second kappa shape index (κ2) is 12.9. The van der Waals surface area contributed by atoms with E-state index in [1.807, 2.05) is 20.8 Å². The number of hydrogen-bond donors (Lipinski definition) is 0. The molecule has 1 aliphatic heterocycles. The van der Waals surface area contributed by atoms with Crippen LogP contribution in [0.3, 0.4) is 0 Å². The fraction of sp³-hybridized carbons (Fsp3) is 0.548. The monoisotopic (exact) mass is 631 g/mol. The molecule has 0 radical (unpaired) electrons. The smallest absolute Gasteiger partial charge is 0.338 e. The Morgan fingerprint density at radius 3 is 2.23 bits per heavy atom. The number of methoxy groups -OCH3 is 3. The van der Waals surface area contributed by atoms with Crippen LogP contribution in [-0.2, 0) is 38.8 Å². The van der Waals surface area contributed by atoms with Crippen LogP contribution in [0.25, 0.3) is 0 Å². The normalized spacial score (nSPS) is 22.0. The number of benzene rings is 1. The van der Waals surface area contributed by atoms with E-state index < -0.39 is 59.3 Å². The van der Waals surface area contributed by atoms with Crippen LogP contribution in [0.1, 0.15) is 81.4 Å². The van der Waals surface area contributed by atoms with E-state index in [-0.39, 0.29) is 16.0 Å². The molecular formula is C31H41N3O9S. The SMILES string of the molecule is CO/N=C/C1(C(=O)OC(C)(C)C)CC(CC(=O)OC)(C(=O)OC)C(c2nccs2)N1C(=O)c1ccc(C(C)(C)C)c(OC)c1. The number of carbonyl (C=O) groups is 4. The Bertz CT molecular complexity index is 1410. The number of esters is 3. The van der Waals surface area contributed by atoms with Crippen molar-refractivity contribution in [2.45, 2.75) is 77.0 Å². The average Bonchev–Trinajstić information content (AvgIpc) is 3.58. The molecular weight excluding hydrogens is 590 g/mol. The molecule has 1 fully saturated rings. The third kappa shape index (κ3) is 6.57. The molecule has 1 aromatic heterocycles. The van der Waals surface area contributed by atoms with Gasteiger partial charge in [0.2, 0.25) is 0 Å². The van der Waals surface area contributed by atoms with Crippen molar-refractivity contribution in [1.29, 1.82) is 0 Å². The second-order valence-electron chi connectivity index (χ2n) is 12.5. The van der Waals surface area contributed by atoms with Crippen molar-refractivity contribution in [3.05, 3.63) is 45.9 Å². The van der Waals surface area contributed by atoms with Crippen LogP contribution >= 0.6 is 11.3 Å². The zero-order valence-electron chi connectivity index (χ0n) is 26.9. The predicted octanol–water partition coefficient (Wildman–Crippen LogP) is 4.47. The summed E-state index contributed by atoms with van der Waals surface area (Å²) >= 11 is 1.15. The predicted molar refractivity (Wildman–Crippen MR) is 162 cm³/mol. The largest absolute Gasteiger partial charge is 0.496 e.